The van der Waals surface area contributed by atoms with Gasteiger partial charge in [-0.2, -0.15) is 0 Å². The molecule has 0 saturated carbocycles. The average Bonchev–Trinajstić information content (AvgIpc) is 3.30. The van der Waals surface area contributed by atoms with Gasteiger partial charge in [0.25, 0.3) is 0 Å². The van der Waals surface area contributed by atoms with E-state index in [1.54, 1.807) is 0 Å². The number of aliphatic hydroxyl groups is 9. The third-order valence-electron chi connectivity index (χ3n) is 11.2. The van der Waals surface area contributed by atoms with Gasteiger partial charge >= 0.3 is 17.3 Å². The van der Waals surface area contributed by atoms with Gasteiger partial charge < -0.3 is 109 Å². The normalized spacial score (nSPS) is 32.3. The minimum atomic E-state index is -2.03. The van der Waals surface area contributed by atoms with E-state index in [9.17, 15) is 76.3 Å². The fourth-order valence-electron chi connectivity index (χ4n) is 7.36. The molecule has 364 valence electrons. The topological polar surface area (TPSA) is 385 Å². The number of carbonyl (C=O) groups is 1. The zero-order valence-electron chi connectivity index (χ0n) is 35.2. The molecule has 0 aliphatic carbocycles. The van der Waals surface area contributed by atoms with Gasteiger partial charge in [0.1, 0.15) is 90.6 Å². The second-order valence-corrected chi connectivity index (χ2v) is 15.8. The molecule has 4 heterocycles. The molecule has 0 radical (unpaired) electrons. The standard InChI is InChI=1S/C43H48O24/c1-15-30(49)34(53)37(56)41(62-15)61-14-28-33(52)36(55)39(58)43(67-28)65-26-12-19-23(63-40(26)17-8-21(46)31(50)22(47)9-17)10-18(44)11-24(19)64-42-38(57)35(54)32(51)27(66-42)13-60-29(48)6-4-16-3-5-20(45)25(7-16)59-2/h3-12,15,27-28,30,32-39,41-43,49,51-58H,13-14H2,1-2H3,(H4-,44,45,46,47,48,50)/p+1/t15-,27+,28+,30-,32+,33-,34+,35-,36-,37+,38+,39+,41+,42+,43+/m0/s1. The van der Waals surface area contributed by atoms with Crippen LogP contribution in [0.4, 0.5) is 0 Å². The highest BCUT2D eigenvalue weighted by atomic mass is 16.7. The van der Waals surface area contributed by atoms with Crippen LogP contribution in [-0.4, -0.2) is 190 Å². The van der Waals surface area contributed by atoms with Crippen molar-refractivity contribution in [3.63, 3.8) is 0 Å². The van der Waals surface area contributed by atoms with E-state index in [1.165, 1.54) is 38.3 Å². The Bertz CT molecular complexity index is 2410. The highest BCUT2D eigenvalue weighted by Gasteiger charge is 2.49. The number of carbonyl (C=O) groups excluding carboxylic acids is 1. The molecule has 24 heteroatoms. The summed E-state index contributed by atoms with van der Waals surface area (Å²) in [5.41, 5.74) is 0.0213. The van der Waals surface area contributed by atoms with Crippen molar-refractivity contribution in [1.29, 1.82) is 0 Å². The van der Waals surface area contributed by atoms with Crippen molar-refractivity contribution in [3.8, 4) is 57.3 Å². The summed E-state index contributed by atoms with van der Waals surface area (Å²) in [6.45, 7) is 0.0640. The van der Waals surface area contributed by atoms with Crippen molar-refractivity contribution in [2.45, 2.75) is 99.0 Å². The lowest BCUT2D eigenvalue weighted by atomic mass is 9.98. The highest BCUT2D eigenvalue weighted by Crippen LogP contribution is 2.45. The molecule has 0 bridgehead atoms. The SMILES string of the molecule is COc1cc(C=CC(=O)OC[C@H]2O[C@@H](Oc3cc(O)cc4[o+]c(-c5cc(O)c(O)c(O)c5)c(O[C@@H]5O[C@H](CO[C@@H]6O[C@@H](C)[C@H](O)[C@@H](O)[C@H]6O)[C@H](O)[C@H](O)[C@H]5O)cc34)[C@H](O)[C@@H](O)[C@@H]2O)ccc1O. The number of aromatic hydroxyl groups is 5. The van der Waals surface area contributed by atoms with Gasteiger partial charge in [-0.25, -0.2) is 9.21 Å². The summed E-state index contributed by atoms with van der Waals surface area (Å²) in [6.07, 6.45) is -23.5. The maximum atomic E-state index is 12.6. The van der Waals surface area contributed by atoms with Crippen LogP contribution in [0.5, 0.6) is 46.0 Å². The second-order valence-electron chi connectivity index (χ2n) is 15.8. The van der Waals surface area contributed by atoms with Crippen LogP contribution in [0.15, 0.2) is 59.0 Å². The van der Waals surface area contributed by atoms with Crippen molar-refractivity contribution >= 4 is 23.0 Å². The summed E-state index contributed by atoms with van der Waals surface area (Å²) in [6, 6.07) is 9.41. The molecule has 15 atom stereocenters. The van der Waals surface area contributed by atoms with Gasteiger partial charge in [-0.05, 0) is 30.7 Å². The van der Waals surface area contributed by atoms with Crippen LogP contribution in [0, 0.1) is 0 Å². The minimum absolute atomic E-state index is 0.122. The zero-order chi connectivity index (χ0) is 48.6. The fraction of sp³-hybridized carbons (Fsp3) is 0.442. The van der Waals surface area contributed by atoms with Crippen molar-refractivity contribution < 1.29 is 119 Å². The predicted octanol–water partition coefficient (Wildman–Crippen LogP) is -1.61. The van der Waals surface area contributed by atoms with E-state index in [0.717, 1.165) is 36.4 Å². The van der Waals surface area contributed by atoms with Gasteiger partial charge in [0.15, 0.2) is 35.0 Å². The Morgan fingerprint density at radius 2 is 1.21 bits per heavy atom. The second kappa shape index (κ2) is 20.2. The fourth-order valence-corrected chi connectivity index (χ4v) is 7.36. The Morgan fingerprint density at radius 1 is 0.627 bits per heavy atom. The molecule has 0 amide bonds. The van der Waals surface area contributed by atoms with E-state index in [4.69, 9.17) is 42.3 Å². The van der Waals surface area contributed by atoms with Gasteiger partial charge in [0, 0.05) is 30.3 Å². The molecule has 3 fully saturated rings. The predicted molar refractivity (Wildman–Crippen MR) is 220 cm³/mol. The molecular formula is C43H49O24+. The monoisotopic (exact) mass is 949 g/mol. The largest absolute Gasteiger partial charge is 0.507 e. The molecule has 3 aliphatic rings. The van der Waals surface area contributed by atoms with Crippen LogP contribution in [-0.2, 0) is 28.5 Å². The smallest absolute Gasteiger partial charge is 0.402 e. The van der Waals surface area contributed by atoms with Crippen LogP contribution in [0.2, 0.25) is 0 Å². The summed E-state index contributed by atoms with van der Waals surface area (Å²) >= 11 is 0. The number of aliphatic hydroxyl groups excluding tert-OH is 9. The van der Waals surface area contributed by atoms with Gasteiger partial charge in [-0.3, -0.25) is 0 Å². The van der Waals surface area contributed by atoms with Crippen LogP contribution < -0.4 is 14.2 Å². The van der Waals surface area contributed by atoms with E-state index < -0.39 is 146 Å². The van der Waals surface area contributed by atoms with Gasteiger partial charge in [-0.1, -0.05) is 6.07 Å². The van der Waals surface area contributed by atoms with Crippen molar-refractivity contribution in [1.82, 2.24) is 0 Å². The molecule has 0 spiro atoms. The molecule has 14 N–H and O–H groups in total. The molecule has 3 saturated heterocycles. The van der Waals surface area contributed by atoms with Crippen molar-refractivity contribution in [2.75, 3.05) is 20.3 Å². The first-order chi connectivity index (χ1) is 31.8. The first-order valence-corrected chi connectivity index (χ1v) is 20.4. The average molecular weight is 950 g/mol. The number of phenols is 5. The zero-order valence-corrected chi connectivity index (χ0v) is 35.2. The van der Waals surface area contributed by atoms with Crippen LogP contribution in [0.3, 0.4) is 0 Å². The van der Waals surface area contributed by atoms with Crippen molar-refractivity contribution in [3.05, 3.63) is 60.2 Å². The van der Waals surface area contributed by atoms with Crippen LogP contribution in [0.25, 0.3) is 28.4 Å². The maximum absolute atomic E-state index is 12.6. The third kappa shape index (κ3) is 10.4. The summed E-state index contributed by atoms with van der Waals surface area (Å²) in [5, 5.41) is 147. The number of esters is 1. The van der Waals surface area contributed by atoms with E-state index in [0.29, 0.717) is 5.56 Å². The molecular weight excluding hydrogens is 900 g/mol. The van der Waals surface area contributed by atoms with Crippen LogP contribution >= 0.6 is 0 Å². The number of hydrogen-bond acceptors (Lipinski definition) is 23. The summed E-state index contributed by atoms with van der Waals surface area (Å²) in [5.74, 6) is -5.20. The number of fused-ring (bicyclic) bond motifs is 1. The van der Waals surface area contributed by atoms with Gasteiger partial charge in [-0.15, -0.1) is 0 Å². The lowest BCUT2D eigenvalue weighted by Gasteiger charge is -2.42. The molecule has 4 aromatic rings. The Balaban J connectivity index is 1.16. The number of methoxy groups -OCH3 is 1. The molecule has 24 nitrogen and oxygen atoms in total. The Kier molecular flexibility index (Phi) is 14.8. The minimum Gasteiger partial charge on any atom is -0.507 e. The van der Waals surface area contributed by atoms with E-state index in [-0.39, 0.29) is 33.8 Å². The summed E-state index contributed by atoms with van der Waals surface area (Å²) in [7, 11) is 1.34. The Morgan fingerprint density at radius 3 is 1.84 bits per heavy atom. The van der Waals surface area contributed by atoms with E-state index in [1.807, 2.05) is 0 Å². The molecule has 1 aromatic heterocycles. The summed E-state index contributed by atoms with van der Waals surface area (Å²) < 4.78 is 50.8. The van der Waals surface area contributed by atoms with Crippen molar-refractivity contribution in [2.24, 2.45) is 0 Å². The number of benzene rings is 3. The number of ether oxygens (including phenoxy) is 8. The number of rotatable bonds is 13. The maximum Gasteiger partial charge on any atom is 0.402 e. The number of phenolic OH excluding ortho intramolecular Hbond substituents is 5. The highest BCUT2D eigenvalue weighted by molar-refractivity contribution is 5.89. The molecule has 7 rings (SSSR count). The Hall–Kier alpha value is -5.84. The quantitative estimate of drug-likeness (QED) is 0.0310. The van der Waals surface area contributed by atoms with Gasteiger partial charge in [0.2, 0.25) is 18.3 Å². The molecule has 3 aliphatic heterocycles. The lowest BCUT2D eigenvalue weighted by Crippen LogP contribution is -2.61. The summed E-state index contributed by atoms with van der Waals surface area (Å²) in [4.78, 5) is 12.6. The molecule has 67 heavy (non-hydrogen) atoms. The van der Waals surface area contributed by atoms with Gasteiger partial charge in [0.05, 0.1) is 31.5 Å². The first-order valence-electron chi connectivity index (χ1n) is 20.4. The first kappa shape index (κ1) is 49.1. The van der Waals surface area contributed by atoms with E-state index in [2.05, 4.69) is 0 Å². The van der Waals surface area contributed by atoms with Crippen LogP contribution in [0.1, 0.15) is 12.5 Å². The number of hydrogen-bond donors (Lipinski definition) is 14. The Labute approximate surface area is 378 Å². The molecule has 0 unspecified atom stereocenters. The molecule has 3 aromatic carbocycles. The lowest BCUT2D eigenvalue weighted by molar-refractivity contribution is -0.318. The van der Waals surface area contributed by atoms with E-state index >= 15 is 0 Å². The third-order valence-corrected chi connectivity index (χ3v) is 11.2.